The van der Waals surface area contributed by atoms with Crippen molar-refractivity contribution in [2.45, 2.75) is 0 Å². The monoisotopic (exact) mass is 872 g/mol. The van der Waals surface area contributed by atoms with Gasteiger partial charge in [0.25, 0.3) is 0 Å². The molecule has 48 heavy (non-hydrogen) atoms. The van der Waals surface area contributed by atoms with E-state index in [1.165, 1.54) is 52.4 Å². The Balaban J connectivity index is 0.000000461. The van der Waals surface area contributed by atoms with E-state index in [0.717, 1.165) is 21.2 Å². The Morgan fingerprint density at radius 3 is 0.896 bits per heavy atom. The van der Waals surface area contributed by atoms with Gasteiger partial charge in [-0.2, -0.15) is 0 Å². The van der Waals surface area contributed by atoms with Gasteiger partial charge < -0.3 is 29.2 Å². The van der Waals surface area contributed by atoms with E-state index in [9.17, 15) is 19.8 Å². The smallest absolute Gasteiger partial charge is 0.614 e. The molecule has 0 bridgehead atoms. The van der Waals surface area contributed by atoms with E-state index in [0.29, 0.717) is 0 Å². The predicted molar refractivity (Wildman–Crippen MR) is 181 cm³/mol. The Labute approximate surface area is 314 Å². The first-order chi connectivity index (χ1) is 22.2. The molecule has 0 fully saturated rings. The molecule has 260 valence electrons. The maximum atomic E-state index is 12.0. The summed E-state index contributed by atoms with van der Waals surface area (Å²) in [6.45, 7) is 0. The summed E-state index contributed by atoms with van der Waals surface area (Å²) in [6, 6.07) is 37.8. The number of carbonyl (C=O) groups is 2. The molecule has 0 radical (unpaired) electrons. The number of benzene rings is 4. The molecule has 0 aliphatic carbocycles. The van der Waals surface area contributed by atoms with E-state index in [1.54, 1.807) is 0 Å². The van der Waals surface area contributed by atoms with Gasteiger partial charge in [0.1, 0.15) is 0 Å². The molecule has 0 aliphatic rings. The van der Waals surface area contributed by atoms with Crippen LogP contribution in [0.15, 0.2) is 145 Å². The van der Waals surface area contributed by atoms with Gasteiger partial charge in [0.2, 0.25) is 11.9 Å². The molecular weight excluding hydrogens is 838 g/mol. The minimum absolute atomic E-state index is 0. The summed E-state index contributed by atoms with van der Waals surface area (Å²) in [5, 5.41) is 27.6. The standard InChI is InChI=1S/2C18H19O4P.2Ag/c2*1-21-17(19)13-23(14-18(20)22-2,15-9-5-3-6-10-15)16-11-7-4-8-12-16;;/h2*3-14,19H,1-2H3;;/q;;2*+1/p-2/b2*17-13+;;. The minimum atomic E-state index is -2.55. The molecule has 0 saturated carbocycles. The van der Waals surface area contributed by atoms with E-state index in [2.05, 4.69) is 0 Å². The van der Waals surface area contributed by atoms with Crippen LogP contribution in [0, 0.1) is 12.3 Å². The number of rotatable bonds is 12. The molecule has 4 aromatic carbocycles. The number of hydrogen-bond acceptors (Lipinski definition) is 8. The van der Waals surface area contributed by atoms with Gasteiger partial charge >= 0.3 is 44.8 Å². The van der Waals surface area contributed by atoms with Crippen molar-refractivity contribution in [1.29, 1.82) is 0 Å². The van der Waals surface area contributed by atoms with E-state index in [1.807, 2.05) is 121 Å². The quantitative estimate of drug-likeness (QED) is 0.0698. The number of hydrogen-bond donors (Lipinski definition) is 0. The molecule has 0 aromatic heterocycles. The topological polar surface area (TPSA) is 117 Å². The third-order valence-corrected chi connectivity index (χ3v) is 13.9. The van der Waals surface area contributed by atoms with Gasteiger partial charge in [0.05, 0.1) is 59.0 Å². The SMILES string of the molecule is COC(=O)[CH-][P+](/C=C(\[O-])OC)(c1ccccc1)c1ccccc1.COC(=O)[CH-][P+](/C=C(\[O-])OC)(c1ccccc1)c1ccccc1.[Ag+].[Ag+]. The van der Waals surface area contributed by atoms with Crippen molar-refractivity contribution in [1.82, 2.24) is 0 Å². The fourth-order valence-corrected chi connectivity index (χ4v) is 10.9. The van der Waals surface area contributed by atoms with Gasteiger partial charge in [-0.15, -0.1) is 12.3 Å². The van der Waals surface area contributed by atoms with Crippen LogP contribution >= 0.6 is 14.5 Å². The number of ether oxygens (including phenoxy) is 4. The van der Waals surface area contributed by atoms with Gasteiger partial charge in [-0.3, -0.25) is 9.59 Å². The third-order valence-electron chi connectivity index (χ3n) is 6.77. The summed E-state index contributed by atoms with van der Waals surface area (Å²) in [5.41, 5.74) is 0. The summed E-state index contributed by atoms with van der Waals surface area (Å²) in [7, 11) is 0.194. The zero-order chi connectivity index (χ0) is 33.4. The van der Waals surface area contributed by atoms with Crippen LogP contribution < -0.4 is 31.4 Å². The molecular formula is C36H36Ag2O8P2. The Morgan fingerprint density at radius 1 is 0.479 bits per heavy atom. The molecule has 0 saturated heterocycles. The van der Waals surface area contributed by atoms with Crippen LogP contribution in [0.1, 0.15) is 0 Å². The maximum Gasteiger partial charge on any atom is 1.00 e. The largest absolute Gasteiger partial charge is 1.00 e. The summed E-state index contributed by atoms with van der Waals surface area (Å²) in [5.74, 6) is 1.07. The Bertz CT molecular complexity index is 1390. The van der Waals surface area contributed by atoms with Crippen LogP contribution in [0.4, 0.5) is 0 Å². The molecule has 0 unspecified atom stereocenters. The Kier molecular flexibility index (Phi) is 19.1. The first-order valence-corrected chi connectivity index (χ1v) is 17.8. The van der Waals surface area contributed by atoms with E-state index in [4.69, 9.17) is 18.9 Å². The molecule has 0 aliphatic heterocycles. The van der Waals surface area contributed by atoms with Crippen LogP contribution in [0.2, 0.25) is 0 Å². The first kappa shape index (κ1) is 42.6. The average molecular weight is 874 g/mol. The molecule has 0 N–H and O–H groups in total. The molecule has 0 heterocycles. The van der Waals surface area contributed by atoms with Crippen molar-refractivity contribution in [2.24, 2.45) is 0 Å². The summed E-state index contributed by atoms with van der Waals surface area (Å²) in [6.07, 6.45) is 2.99. The number of esters is 2. The van der Waals surface area contributed by atoms with Crippen molar-refractivity contribution in [2.75, 3.05) is 28.4 Å². The number of methoxy groups -OCH3 is 4. The number of carbonyl (C=O) groups excluding carboxylic acids is 2. The van der Waals surface area contributed by atoms with Gasteiger partial charge in [-0.1, -0.05) is 72.8 Å². The molecule has 4 aromatic rings. The second-order valence-electron chi connectivity index (χ2n) is 9.51. The Morgan fingerprint density at radius 2 is 0.708 bits per heavy atom. The molecule has 4 rings (SSSR count). The Hall–Kier alpha value is -3.42. The van der Waals surface area contributed by atoms with E-state index in [-0.39, 0.29) is 44.8 Å². The molecule has 12 heteroatoms. The minimum Gasteiger partial charge on any atom is -0.614 e. The zero-order valence-corrected chi connectivity index (χ0v) is 31.4. The van der Waals surface area contributed by atoms with Crippen molar-refractivity contribution in [3.8, 4) is 0 Å². The normalized spacial score (nSPS) is 11.2. The molecule has 8 nitrogen and oxygen atoms in total. The summed E-state index contributed by atoms with van der Waals surface area (Å²) >= 11 is 0. The van der Waals surface area contributed by atoms with Gasteiger partial charge in [-0.05, 0) is 77.3 Å². The summed E-state index contributed by atoms with van der Waals surface area (Å²) in [4.78, 5) is 24.0. The summed E-state index contributed by atoms with van der Waals surface area (Å²) < 4.78 is 19.3. The van der Waals surface area contributed by atoms with Crippen LogP contribution in [-0.4, -0.2) is 40.4 Å². The molecule has 0 amide bonds. The fraction of sp³-hybridized carbons (Fsp3) is 0.111. The first-order valence-electron chi connectivity index (χ1n) is 14.0. The van der Waals surface area contributed by atoms with Crippen molar-refractivity contribution in [3.05, 3.63) is 157 Å². The van der Waals surface area contributed by atoms with E-state index < -0.39 is 38.4 Å². The van der Waals surface area contributed by atoms with Crippen LogP contribution in [0.25, 0.3) is 0 Å². The average Bonchev–Trinajstić information content (AvgIpc) is 3.12. The van der Waals surface area contributed by atoms with Crippen LogP contribution in [0.3, 0.4) is 0 Å². The molecule has 0 atom stereocenters. The van der Waals surface area contributed by atoms with E-state index >= 15 is 0 Å². The maximum absolute atomic E-state index is 12.0. The predicted octanol–water partition coefficient (Wildman–Crippen LogP) is 3.59. The van der Waals surface area contributed by atoms with Crippen LogP contribution in [0.5, 0.6) is 0 Å². The second kappa shape index (κ2) is 21.5. The van der Waals surface area contributed by atoms with Crippen LogP contribution in [-0.2, 0) is 73.3 Å². The van der Waals surface area contributed by atoms with Crippen molar-refractivity contribution >= 4 is 47.7 Å². The second-order valence-corrected chi connectivity index (χ2v) is 15.7. The van der Waals surface area contributed by atoms with Gasteiger partial charge in [0, 0.05) is 0 Å². The fourth-order valence-electron chi connectivity index (χ4n) is 4.54. The zero-order valence-electron chi connectivity index (χ0n) is 26.6. The third kappa shape index (κ3) is 11.3. The van der Waals surface area contributed by atoms with Crippen molar-refractivity contribution in [3.63, 3.8) is 0 Å². The molecule has 0 spiro atoms. The van der Waals surface area contributed by atoms with Gasteiger partial charge in [-0.25, -0.2) is 0 Å². The van der Waals surface area contributed by atoms with Crippen molar-refractivity contribution < 1.29 is 83.5 Å². The van der Waals surface area contributed by atoms with Gasteiger partial charge in [0.15, 0.2) is 0 Å².